The summed E-state index contributed by atoms with van der Waals surface area (Å²) < 4.78 is 12.5. The lowest BCUT2D eigenvalue weighted by Crippen LogP contribution is -2.22. The van der Waals surface area contributed by atoms with Crippen molar-refractivity contribution in [1.82, 2.24) is 15.1 Å². The first-order valence-corrected chi connectivity index (χ1v) is 6.04. The van der Waals surface area contributed by atoms with Crippen molar-refractivity contribution in [3.63, 3.8) is 0 Å². The molecule has 1 aromatic heterocycles. The van der Waals surface area contributed by atoms with E-state index in [1.807, 2.05) is 11.7 Å². The number of aryl methyl sites for hydroxylation is 1. The van der Waals surface area contributed by atoms with Gasteiger partial charge in [0.25, 0.3) is 0 Å². The van der Waals surface area contributed by atoms with Gasteiger partial charge in [0.15, 0.2) is 5.75 Å². The summed E-state index contributed by atoms with van der Waals surface area (Å²) in [4.78, 5) is 0. The number of methoxy groups -OCH3 is 2. The number of hydrogen-bond acceptors (Lipinski definition) is 4. The third kappa shape index (κ3) is 3.44. The second kappa shape index (κ2) is 7.29. The Bertz CT molecular complexity index is 326. The molecule has 1 aromatic rings. The van der Waals surface area contributed by atoms with E-state index in [9.17, 15) is 0 Å². The van der Waals surface area contributed by atoms with Crippen molar-refractivity contribution in [3.05, 3.63) is 11.9 Å². The van der Waals surface area contributed by atoms with E-state index in [-0.39, 0.29) is 6.04 Å². The summed E-state index contributed by atoms with van der Waals surface area (Å²) >= 11 is 0. The van der Waals surface area contributed by atoms with E-state index >= 15 is 0 Å². The average Bonchev–Trinajstić information content (AvgIpc) is 2.74. The second-order valence-corrected chi connectivity index (χ2v) is 3.94. The number of rotatable bonds is 8. The third-order valence-electron chi connectivity index (χ3n) is 2.79. The Morgan fingerprint density at radius 2 is 2.24 bits per heavy atom. The topological polar surface area (TPSA) is 48.3 Å². The van der Waals surface area contributed by atoms with Gasteiger partial charge in [0, 0.05) is 20.3 Å². The lowest BCUT2D eigenvalue weighted by Gasteiger charge is -2.18. The van der Waals surface area contributed by atoms with Gasteiger partial charge in [0.05, 0.1) is 25.0 Å². The molecule has 0 aliphatic carbocycles. The molecule has 1 heterocycles. The first kappa shape index (κ1) is 14.0. The molecule has 0 fully saturated rings. The Kier molecular flexibility index (Phi) is 6.00. The molecular weight excluding hydrogens is 218 g/mol. The maximum absolute atomic E-state index is 5.37. The van der Waals surface area contributed by atoms with E-state index in [1.54, 1.807) is 20.4 Å². The molecule has 5 nitrogen and oxygen atoms in total. The minimum Gasteiger partial charge on any atom is -0.493 e. The van der Waals surface area contributed by atoms with Crippen LogP contribution in [0.3, 0.4) is 0 Å². The summed E-state index contributed by atoms with van der Waals surface area (Å²) in [6.45, 7) is 3.76. The zero-order valence-corrected chi connectivity index (χ0v) is 11.2. The normalized spacial score (nSPS) is 12.7. The molecule has 0 spiro atoms. The lowest BCUT2D eigenvalue weighted by molar-refractivity contribution is 0.182. The molecule has 5 heteroatoms. The molecule has 0 aliphatic rings. The van der Waals surface area contributed by atoms with Gasteiger partial charge in [-0.1, -0.05) is 6.92 Å². The fourth-order valence-corrected chi connectivity index (χ4v) is 1.93. The summed E-state index contributed by atoms with van der Waals surface area (Å²) in [5.41, 5.74) is 1.11. The number of aromatic nitrogens is 2. The Morgan fingerprint density at radius 3 is 2.76 bits per heavy atom. The van der Waals surface area contributed by atoms with Crippen LogP contribution in [0.15, 0.2) is 6.20 Å². The molecule has 0 amide bonds. The third-order valence-corrected chi connectivity index (χ3v) is 2.79. The SMILES string of the molecule is CCCn1ncc(OC)c1C(CCOC)NC. The van der Waals surface area contributed by atoms with Gasteiger partial charge in [-0.05, 0) is 19.9 Å². The molecule has 0 aromatic carbocycles. The molecule has 0 aliphatic heterocycles. The van der Waals surface area contributed by atoms with Gasteiger partial charge in [-0.2, -0.15) is 5.10 Å². The molecule has 1 unspecified atom stereocenters. The Morgan fingerprint density at radius 1 is 1.47 bits per heavy atom. The highest BCUT2D eigenvalue weighted by Crippen LogP contribution is 2.27. The van der Waals surface area contributed by atoms with Gasteiger partial charge in [-0.3, -0.25) is 4.68 Å². The summed E-state index contributed by atoms with van der Waals surface area (Å²) in [5, 5.41) is 7.66. The highest BCUT2D eigenvalue weighted by atomic mass is 16.5. The minimum atomic E-state index is 0.207. The van der Waals surface area contributed by atoms with Crippen molar-refractivity contribution in [3.8, 4) is 5.75 Å². The highest BCUT2D eigenvalue weighted by Gasteiger charge is 2.20. The van der Waals surface area contributed by atoms with Crippen LogP contribution in [-0.2, 0) is 11.3 Å². The van der Waals surface area contributed by atoms with Crippen LogP contribution in [0.25, 0.3) is 0 Å². The molecule has 17 heavy (non-hydrogen) atoms. The van der Waals surface area contributed by atoms with Gasteiger partial charge in [-0.25, -0.2) is 0 Å². The van der Waals surface area contributed by atoms with Crippen LogP contribution in [-0.4, -0.2) is 37.7 Å². The predicted molar refractivity (Wildman–Crippen MR) is 67.4 cm³/mol. The average molecular weight is 241 g/mol. The van der Waals surface area contributed by atoms with Crippen molar-refractivity contribution >= 4 is 0 Å². The number of ether oxygens (including phenoxy) is 2. The van der Waals surface area contributed by atoms with Crippen molar-refractivity contribution in [1.29, 1.82) is 0 Å². The molecule has 0 saturated heterocycles. The quantitative estimate of drug-likeness (QED) is 0.751. The van der Waals surface area contributed by atoms with Gasteiger partial charge >= 0.3 is 0 Å². The fraction of sp³-hybridized carbons (Fsp3) is 0.750. The summed E-state index contributed by atoms with van der Waals surface area (Å²) in [6, 6.07) is 0.207. The molecule has 0 bridgehead atoms. The molecule has 0 radical (unpaired) electrons. The van der Waals surface area contributed by atoms with Crippen molar-refractivity contribution in [2.24, 2.45) is 0 Å². The number of hydrogen-bond donors (Lipinski definition) is 1. The van der Waals surface area contributed by atoms with E-state index in [0.29, 0.717) is 6.61 Å². The fourth-order valence-electron chi connectivity index (χ4n) is 1.93. The van der Waals surface area contributed by atoms with Crippen LogP contribution < -0.4 is 10.1 Å². The lowest BCUT2D eigenvalue weighted by atomic mass is 10.1. The van der Waals surface area contributed by atoms with Crippen molar-refractivity contribution in [2.75, 3.05) is 27.9 Å². The molecule has 1 N–H and O–H groups in total. The van der Waals surface area contributed by atoms with Crippen molar-refractivity contribution < 1.29 is 9.47 Å². The summed E-state index contributed by atoms with van der Waals surface area (Å²) in [6.07, 6.45) is 3.74. The molecule has 98 valence electrons. The molecular formula is C12H23N3O2. The monoisotopic (exact) mass is 241 g/mol. The van der Waals surface area contributed by atoms with E-state index in [4.69, 9.17) is 9.47 Å². The Hall–Kier alpha value is -1.07. The van der Waals surface area contributed by atoms with Crippen molar-refractivity contribution in [2.45, 2.75) is 32.4 Å². The van der Waals surface area contributed by atoms with Gasteiger partial charge in [0.1, 0.15) is 0 Å². The van der Waals surface area contributed by atoms with Gasteiger partial charge in [0.2, 0.25) is 0 Å². The highest BCUT2D eigenvalue weighted by molar-refractivity contribution is 5.28. The second-order valence-electron chi connectivity index (χ2n) is 3.94. The van der Waals surface area contributed by atoms with Gasteiger partial charge in [-0.15, -0.1) is 0 Å². The van der Waals surface area contributed by atoms with Crippen LogP contribution in [0, 0.1) is 0 Å². The zero-order chi connectivity index (χ0) is 12.7. The summed E-state index contributed by atoms with van der Waals surface area (Å²) in [7, 11) is 5.34. The Labute approximate surface area is 103 Å². The minimum absolute atomic E-state index is 0.207. The first-order chi connectivity index (χ1) is 8.28. The van der Waals surface area contributed by atoms with E-state index < -0.39 is 0 Å². The van der Waals surface area contributed by atoms with E-state index in [2.05, 4.69) is 17.3 Å². The van der Waals surface area contributed by atoms with Crippen LogP contribution in [0.1, 0.15) is 31.5 Å². The first-order valence-electron chi connectivity index (χ1n) is 6.04. The molecule has 0 saturated carbocycles. The number of nitrogens with zero attached hydrogens (tertiary/aromatic N) is 2. The summed E-state index contributed by atoms with van der Waals surface area (Å²) in [5.74, 6) is 0.842. The smallest absolute Gasteiger partial charge is 0.161 e. The molecule has 1 rings (SSSR count). The predicted octanol–water partition coefficient (Wildman–Crippen LogP) is 1.60. The molecule has 1 atom stereocenters. The van der Waals surface area contributed by atoms with Crippen LogP contribution in [0.5, 0.6) is 5.75 Å². The standard InChI is InChI=1S/C12H23N3O2/c1-5-7-15-12(11(17-4)9-14-15)10(13-2)6-8-16-3/h9-10,13H,5-8H2,1-4H3. The largest absolute Gasteiger partial charge is 0.493 e. The van der Waals surface area contributed by atoms with Crippen LogP contribution >= 0.6 is 0 Å². The number of nitrogens with one attached hydrogen (secondary N) is 1. The maximum Gasteiger partial charge on any atom is 0.161 e. The van der Waals surface area contributed by atoms with E-state index in [0.717, 1.165) is 30.8 Å². The maximum atomic E-state index is 5.37. The Balaban J connectivity index is 2.92. The zero-order valence-electron chi connectivity index (χ0n) is 11.2. The van der Waals surface area contributed by atoms with Crippen LogP contribution in [0.4, 0.5) is 0 Å². The van der Waals surface area contributed by atoms with Crippen LogP contribution in [0.2, 0.25) is 0 Å². The van der Waals surface area contributed by atoms with Gasteiger partial charge < -0.3 is 14.8 Å². The van der Waals surface area contributed by atoms with E-state index in [1.165, 1.54) is 0 Å².